The Balaban J connectivity index is 2.16. The Labute approximate surface area is 118 Å². The number of hydrogen-bond acceptors (Lipinski definition) is 2. The van der Waals surface area contributed by atoms with Crippen molar-refractivity contribution < 1.29 is 23.4 Å². The van der Waals surface area contributed by atoms with Crippen LogP contribution in [0.1, 0.15) is 15.9 Å². The molecular weight excluding hydrogens is 290 g/mol. The fourth-order valence-corrected chi connectivity index (χ4v) is 1.80. The summed E-state index contributed by atoms with van der Waals surface area (Å²) in [4.78, 5) is 10.7. The molecule has 0 atom stereocenters. The van der Waals surface area contributed by atoms with Crippen LogP contribution in [0.5, 0.6) is 5.75 Å². The number of benzene rings is 2. The molecule has 0 bridgehead atoms. The first-order valence-electron chi connectivity index (χ1n) is 5.57. The van der Waals surface area contributed by atoms with Crippen molar-refractivity contribution in [2.45, 2.75) is 6.61 Å². The van der Waals surface area contributed by atoms with Crippen LogP contribution >= 0.6 is 11.6 Å². The van der Waals surface area contributed by atoms with Crippen LogP contribution in [0, 0.1) is 11.6 Å². The van der Waals surface area contributed by atoms with E-state index in [-0.39, 0.29) is 22.9 Å². The molecule has 0 aromatic heterocycles. The largest absolute Gasteiger partial charge is 0.489 e. The second-order valence-electron chi connectivity index (χ2n) is 3.94. The van der Waals surface area contributed by atoms with Gasteiger partial charge in [0, 0.05) is 11.6 Å². The topological polar surface area (TPSA) is 46.5 Å². The van der Waals surface area contributed by atoms with Gasteiger partial charge in [-0.25, -0.2) is 13.6 Å². The SMILES string of the molecule is O=C(O)c1ccc(OCc2c(F)cccc2Cl)cc1F. The predicted molar refractivity (Wildman–Crippen MR) is 69.1 cm³/mol. The van der Waals surface area contributed by atoms with E-state index in [4.69, 9.17) is 21.4 Å². The number of carboxylic acids is 1. The number of hydrogen-bond donors (Lipinski definition) is 1. The smallest absolute Gasteiger partial charge is 0.338 e. The fraction of sp³-hybridized carbons (Fsp3) is 0.0714. The van der Waals surface area contributed by atoms with E-state index in [1.165, 1.54) is 24.3 Å². The molecule has 2 aromatic carbocycles. The minimum atomic E-state index is -1.37. The van der Waals surface area contributed by atoms with Crippen molar-refractivity contribution in [3.63, 3.8) is 0 Å². The first-order valence-corrected chi connectivity index (χ1v) is 5.95. The summed E-state index contributed by atoms with van der Waals surface area (Å²) in [7, 11) is 0. The molecule has 0 saturated heterocycles. The van der Waals surface area contributed by atoms with Crippen molar-refractivity contribution in [2.24, 2.45) is 0 Å². The van der Waals surface area contributed by atoms with Crippen LogP contribution in [-0.4, -0.2) is 11.1 Å². The Morgan fingerprint density at radius 3 is 2.55 bits per heavy atom. The van der Waals surface area contributed by atoms with Gasteiger partial charge < -0.3 is 9.84 Å². The van der Waals surface area contributed by atoms with Crippen LogP contribution in [0.25, 0.3) is 0 Å². The maximum Gasteiger partial charge on any atom is 0.338 e. The van der Waals surface area contributed by atoms with E-state index in [1.807, 2.05) is 0 Å². The summed E-state index contributed by atoms with van der Waals surface area (Å²) < 4.78 is 32.1. The highest BCUT2D eigenvalue weighted by atomic mass is 35.5. The number of aromatic carboxylic acids is 1. The van der Waals surface area contributed by atoms with E-state index in [0.717, 1.165) is 12.1 Å². The summed E-state index contributed by atoms with van der Waals surface area (Å²) >= 11 is 5.82. The summed E-state index contributed by atoms with van der Waals surface area (Å²) in [6, 6.07) is 7.51. The van der Waals surface area contributed by atoms with Gasteiger partial charge in [0.1, 0.15) is 24.0 Å². The Bertz CT molecular complexity index is 639. The molecule has 6 heteroatoms. The lowest BCUT2D eigenvalue weighted by Crippen LogP contribution is -2.03. The lowest BCUT2D eigenvalue weighted by atomic mass is 10.2. The summed E-state index contributed by atoms with van der Waals surface area (Å²) in [6.45, 7) is -0.183. The zero-order valence-electron chi connectivity index (χ0n) is 10.1. The van der Waals surface area contributed by atoms with Crippen LogP contribution in [0.3, 0.4) is 0 Å². The highest BCUT2D eigenvalue weighted by molar-refractivity contribution is 6.31. The van der Waals surface area contributed by atoms with Crippen LogP contribution in [0.4, 0.5) is 8.78 Å². The van der Waals surface area contributed by atoms with Crippen molar-refractivity contribution in [1.29, 1.82) is 0 Å². The van der Waals surface area contributed by atoms with E-state index in [1.54, 1.807) is 0 Å². The Hall–Kier alpha value is -2.14. The van der Waals surface area contributed by atoms with Gasteiger partial charge in [-0.15, -0.1) is 0 Å². The lowest BCUT2D eigenvalue weighted by molar-refractivity contribution is 0.0692. The Morgan fingerprint density at radius 2 is 1.95 bits per heavy atom. The molecule has 0 saturated carbocycles. The van der Waals surface area contributed by atoms with Crippen LogP contribution in [-0.2, 0) is 6.61 Å². The van der Waals surface area contributed by atoms with Crippen LogP contribution < -0.4 is 4.74 Å². The average molecular weight is 299 g/mol. The second-order valence-corrected chi connectivity index (χ2v) is 4.34. The highest BCUT2D eigenvalue weighted by Gasteiger charge is 2.12. The first-order chi connectivity index (χ1) is 9.49. The lowest BCUT2D eigenvalue weighted by Gasteiger charge is -2.09. The van der Waals surface area contributed by atoms with Gasteiger partial charge in [-0.05, 0) is 24.3 Å². The second kappa shape index (κ2) is 5.88. The van der Waals surface area contributed by atoms with Gasteiger partial charge in [0.25, 0.3) is 0 Å². The number of carbonyl (C=O) groups is 1. The minimum Gasteiger partial charge on any atom is -0.489 e. The molecule has 0 aliphatic carbocycles. The monoisotopic (exact) mass is 298 g/mol. The molecule has 0 aliphatic rings. The predicted octanol–water partition coefficient (Wildman–Crippen LogP) is 3.90. The van der Waals surface area contributed by atoms with Crippen LogP contribution in [0.15, 0.2) is 36.4 Å². The van der Waals surface area contributed by atoms with Gasteiger partial charge in [0.2, 0.25) is 0 Å². The van der Waals surface area contributed by atoms with Crippen molar-refractivity contribution in [3.05, 3.63) is 64.2 Å². The molecule has 0 fully saturated rings. The minimum absolute atomic E-state index is 0.0896. The number of halogens is 3. The molecule has 104 valence electrons. The van der Waals surface area contributed by atoms with Gasteiger partial charge in [0.15, 0.2) is 0 Å². The normalized spacial score (nSPS) is 10.3. The number of carboxylic acid groups (broad SMARTS) is 1. The zero-order valence-corrected chi connectivity index (χ0v) is 10.8. The third kappa shape index (κ3) is 3.05. The molecule has 3 nitrogen and oxygen atoms in total. The molecule has 0 radical (unpaired) electrons. The standard InChI is InChI=1S/C14H9ClF2O3/c15-11-2-1-3-12(16)10(11)7-20-8-4-5-9(14(18)19)13(17)6-8/h1-6H,7H2,(H,18,19). The summed E-state index contributed by atoms with van der Waals surface area (Å²) in [5, 5.41) is 8.89. The molecule has 0 aliphatic heterocycles. The van der Waals surface area contributed by atoms with E-state index in [0.29, 0.717) is 0 Å². The van der Waals surface area contributed by atoms with Crippen molar-refractivity contribution in [3.8, 4) is 5.75 Å². The van der Waals surface area contributed by atoms with Crippen LogP contribution in [0.2, 0.25) is 5.02 Å². The summed E-state index contributed by atoms with van der Waals surface area (Å²) in [5.74, 6) is -2.73. The number of ether oxygens (including phenoxy) is 1. The van der Waals surface area contributed by atoms with Crippen molar-refractivity contribution >= 4 is 17.6 Å². The zero-order chi connectivity index (χ0) is 14.7. The van der Waals surface area contributed by atoms with E-state index < -0.39 is 23.2 Å². The van der Waals surface area contributed by atoms with E-state index in [9.17, 15) is 13.6 Å². The Kier molecular flexibility index (Phi) is 4.20. The third-order valence-electron chi connectivity index (χ3n) is 2.62. The van der Waals surface area contributed by atoms with Gasteiger partial charge in [-0.3, -0.25) is 0 Å². The van der Waals surface area contributed by atoms with Gasteiger partial charge >= 0.3 is 5.97 Å². The molecular formula is C14H9ClF2O3. The van der Waals surface area contributed by atoms with Gasteiger partial charge in [0.05, 0.1) is 10.6 Å². The summed E-state index contributed by atoms with van der Waals surface area (Å²) in [6.07, 6.45) is 0. The fourth-order valence-electron chi connectivity index (χ4n) is 1.58. The molecule has 0 spiro atoms. The van der Waals surface area contributed by atoms with Crippen molar-refractivity contribution in [2.75, 3.05) is 0 Å². The molecule has 2 aromatic rings. The van der Waals surface area contributed by atoms with E-state index in [2.05, 4.69) is 0 Å². The molecule has 20 heavy (non-hydrogen) atoms. The highest BCUT2D eigenvalue weighted by Crippen LogP contribution is 2.22. The third-order valence-corrected chi connectivity index (χ3v) is 2.97. The maximum absolute atomic E-state index is 13.5. The van der Waals surface area contributed by atoms with E-state index >= 15 is 0 Å². The molecule has 1 N–H and O–H groups in total. The number of rotatable bonds is 4. The van der Waals surface area contributed by atoms with Crippen molar-refractivity contribution in [1.82, 2.24) is 0 Å². The molecule has 0 amide bonds. The average Bonchev–Trinajstić information content (AvgIpc) is 2.37. The van der Waals surface area contributed by atoms with Gasteiger partial charge in [-0.2, -0.15) is 0 Å². The maximum atomic E-state index is 13.5. The molecule has 0 unspecified atom stereocenters. The van der Waals surface area contributed by atoms with Gasteiger partial charge in [-0.1, -0.05) is 17.7 Å². The Morgan fingerprint density at radius 1 is 1.20 bits per heavy atom. The molecule has 2 rings (SSSR count). The first kappa shape index (κ1) is 14.3. The molecule has 0 heterocycles. The summed E-state index contributed by atoms with van der Waals surface area (Å²) in [5.41, 5.74) is -0.307. The quantitative estimate of drug-likeness (QED) is 0.931.